The molecule has 0 amide bonds. The maximum absolute atomic E-state index is 12.2. The Morgan fingerprint density at radius 3 is 2.78 bits per heavy atom. The normalized spacial score (nSPS) is 20.7. The maximum Gasteiger partial charge on any atom is 0.164 e. The van der Waals surface area contributed by atoms with E-state index in [9.17, 15) is 4.79 Å². The van der Waals surface area contributed by atoms with Gasteiger partial charge in [-0.15, -0.1) is 0 Å². The van der Waals surface area contributed by atoms with Gasteiger partial charge < -0.3 is 15.0 Å². The summed E-state index contributed by atoms with van der Waals surface area (Å²) in [7, 11) is 3.70. The molecule has 1 atom stereocenters. The summed E-state index contributed by atoms with van der Waals surface area (Å²) in [5.41, 5.74) is 0.759. The SMILES string of the molecule is COc1ccc(C(=O)CC2CNCCN2C)cc1. The molecule has 1 heterocycles. The summed E-state index contributed by atoms with van der Waals surface area (Å²) in [4.78, 5) is 14.4. The van der Waals surface area contributed by atoms with Gasteiger partial charge >= 0.3 is 0 Å². The fourth-order valence-electron chi connectivity index (χ4n) is 2.20. The van der Waals surface area contributed by atoms with E-state index in [-0.39, 0.29) is 5.78 Å². The van der Waals surface area contributed by atoms with Crippen LogP contribution in [-0.2, 0) is 0 Å². The first-order chi connectivity index (χ1) is 8.70. The van der Waals surface area contributed by atoms with Gasteiger partial charge in [-0.3, -0.25) is 4.79 Å². The molecule has 0 aliphatic carbocycles. The lowest BCUT2D eigenvalue weighted by molar-refractivity contribution is 0.0917. The second kappa shape index (κ2) is 5.98. The number of likely N-dealkylation sites (N-methyl/N-ethyl adjacent to an activating group) is 1. The van der Waals surface area contributed by atoms with Crippen LogP contribution < -0.4 is 10.1 Å². The lowest BCUT2D eigenvalue weighted by atomic mass is 10.0. The summed E-state index contributed by atoms with van der Waals surface area (Å²) in [6.07, 6.45) is 0.565. The maximum atomic E-state index is 12.2. The highest BCUT2D eigenvalue weighted by atomic mass is 16.5. The smallest absolute Gasteiger partial charge is 0.164 e. The lowest BCUT2D eigenvalue weighted by Crippen LogP contribution is -2.49. The zero-order valence-corrected chi connectivity index (χ0v) is 11.0. The van der Waals surface area contributed by atoms with Crippen molar-refractivity contribution in [3.05, 3.63) is 29.8 Å². The van der Waals surface area contributed by atoms with Crippen molar-refractivity contribution in [2.24, 2.45) is 0 Å². The predicted octanol–water partition coefficient (Wildman–Crippen LogP) is 1.17. The number of hydrogen-bond acceptors (Lipinski definition) is 4. The van der Waals surface area contributed by atoms with Gasteiger partial charge in [0, 0.05) is 37.7 Å². The van der Waals surface area contributed by atoms with Crippen LogP contribution in [0.2, 0.25) is 0 Å². The molecule has 0 radical (unpaired) electrons. The van der Waals surface area contributed by atoms with E-state index in [1.54, 1.807) is 7.11 Å². The Morgan fingerprint density at radius 2 is 2.17 bits per heavy atom. The molecular formula is C14H20N2O2. The van der Waals surface area contributed by atoms with Crippen molar-refractivity contribution in [1.82, 2.24) is 10.2 Å². The third kappa shape index (κ3) is 3.09. The van der Waals surface area contributed by atoms with Gasteiger partial charge in [-0.25, -0.2) is 0 Å². The van der Waals surface area contributed by atoms with Crippen LogP contribution in [0.15, 0.2) is 24.3 Å². The molecule has 0 spiro atoms. The van der Waals surface area contributed by atoms with E-state index >= 15 is 0 Å². The van der Waals surface area contributed by atoms with E-state index in [0.717, 1.165) is 30.9 Å². The molecule has 18 heavy (non-hydrogen) atoms. The monoisotopic (exact) mass is 248 g/mol. The van der Waals surface area contributed by atoms with E-state index in [4.69, 9.17) is 4.74 Å². The van der Waals surface area contributed by atoms with E-state index in [1.807, 2.05) is 24.3 Å². The molecule has 1 saturated heterocycles. The summed E-state index contributed by atoms with van der Waals surface area (Å²) in [5.74, 6) is 0.973. The van der Waals surface area contributed by atoms with Gasteiger partial charge in [0.2, 0.25) is 0 Å². The summed E-state index contributed by atoms with van der Waals surface area (Å²) >= 11 is 0. The fourth-order valence-corrected chi connectivity index (χ4v) is 2.20. The van der Waals surface area contributed by atoms with E-state index in [2.05, 4.69) is 17.3 Å². The Kier molecular flexibility index (Phi) is 4.33. The summed E-state index contributed by atoms with van der Waals surface area (Å²) in [5, 5.41) is 3.33. The topological polar surface area (TPSA) is 41.6 Å². The molecule has 4 nitrogen and oxygen atoms in total. The van der Waals surface area contributed by atoms with Crippen molar-refractivity contribution >= 4 is 5.78 Å². The summed E-state index contributed by atoms with van der Waals surface area (Å²) in [6.45, 7) is 2.89. The largest absolute Gasteiger partial charge is 0.497 e. The molecule has 4 heteroatoms. The lowest BCUT2D eigenvalue weighted by Gasteiger charge is -2.32. The van der Waals surface area contributed by atoms with E-state index in [1.165, 1.54) is 0 Å². The number of ketones is 1. The Hall–Kier alpha value is -1.39. The van der Waals surface area contributed by atoms with Gasteiger partial charge in [-0.2, -0.15) is 0 Å². The Morgan fingerprint density at radius 1 is 1.44 bits per heavy atom. The van der Waals surface area contributed by atoms with Gasteiger partial charge in [0.1, 0.15) is 5.75 Å². The van der Waals surface area contributed by atoms with Crippen LogP contribution in [0.1, 0.15) is 16.8 Å². The number of carbonyl (C=O) groups excluding carboxylic acids is 1. The molecule has 2 rings (SSSR count). The van der Waals surface area contributed by atoms with E-state index in [0.29, 0.717) is 12.5 Å². The van der Waals surface area contributed by atoms with Crippen molar-refractivity contribution < 1.29 is 9.53 Å². The first-order valence-corrected chi connectivity index (χ1v) is 6.29. The third-order valence-corrected chi connectivity index (χ3v) is 3.48. The molecule has 1 aliphatic rings. The van der Waals surface area contributed by atoms with E-state index < -0.39 is 0 Å². The Labute approximate surface area is 108 Å². The highest BCUT2D eigenvalue weighted by Gasteiger charge is 2.21. The van der Waals surface area contributed by atoms with Gasteiger partial charge in [-0.1, -0.05) is 0 Å². The minimum absolute atomic E-state index is 0.193. The molecule has 0 bridgehead atoms. The van der Waals surface area contributed by atoms with Gasteiger partial charge in [0.05, 0.1) is 7.11 Å². The van der Waals surface area contributed by atoms with Crippen LogP contribution in [-0.4, -0.2) is 50.5 Å². The second-order valence-corrected chi connectivity index (χ2v) is 4.69. The average molecular weight is 248 g/mol. The summed E-state index contributed by atoms with van der Waals surface area (Å²) < 4.78 is 5.09. The fraction of sp³-hybridized carbons (Fsp3) is 0.500. The first kappa shape index (κ1) is 13.1. The standard InChI is InChI=1S/C14H20N2O2/c1-16-8-7-15-10-12(16)9-14(17)11-3-5-13(18-2)6-4-11/h3-6,12,15H,7-10H2,1-2H3. The molecule has 1 fully saturated rings. The van der Waals surface area contributed by atoms with Crippen molar-refractivity contribution in [3.8, 4) is 5.75 Å². The second-order valence-electron chi connectivity index (χ2n) is 4.69. The van der Waals surface area contributed by atoms with Crippen molar-refractivity contribution in [1.29, 1.82) is 0 Å². The minimum Gasteiger partial charge on any atom is -0.497 e. The zero-order valence-electron chi connectivity index (χ0n) is 11.0. The molecule has 1 N–H and O–H groups in total. The molecule has 98 valence electrons. The van der Waals surface area contributed by atoms with Crippen molar-refractivity contribution in [2.45, 2.75) is 12.5 Å². The molecular weight excluding hydrogens is 228 g/mol. The van der Waals surface area contributed by atoms with Crippen molar-refractivity contribution in [3.63, 3.8) is 0 Å². The molecule has 1 aliphatic heterocycles. The number of piperazine rings is 1. The third-order valence-electron chi connectivity index (χ3n) is 3.48. The number of ether oxygens (including phenoxy) is 1. The van der Waals surface area contributed by atoms with Crippen LogP contribution in [0.3, 0.4) is 0 Å². The minimum atomic E-state index is 0.193. The Balaban J connectivity index is 1.97. The number of benzene rings is 1. The molecule has 1 aromatic rings. The molecule has 0 aromatic heterocycles. The molecule has 0 saturated carbocycles. The van der Waals surface area contributed by atoms with Crippen LogP contribution in [0.4, 0.5) is 0 Å². The number of rotatable bonds is 4. The summed E-state index contributed by atoms with van der Waals surface area (Å²) in [6, 6.07) is 7.62. The molecule has 1 aromatic carbocycles. The van der Waals surface area contributed by atoms with Gasteiger partial charge in [0.25, 0.3) is 0 Å². The number of nitrogens with one attached hydrogen (secondary N) is 1. The van der Waals surface area contributed by atoms with Crippen LogP contribution in [0, 0.1) is 0 Å². The van der Waals surface area contributed by atoms with Gasteiger partial charge in [-0.05, 0) is 31.3 Å². The van der Waals surface area contributed by atoms with Crippen LogP contribution in [0.5, 0.6) is 5.75 Å². The predicted molar refractivity (Wildman–Crippen MR) is 71.2 cm³/mol. The number of Topliss-reactive ketones (excluding diaryl/α,β-unsaturated/α-hetero) is 1. The first-order valence-electron chi connectivity index (χ1n) is 6.29. The quantitative estimate of drug-likeness (QED) is 0.812. The zero-order chi connectivity index (χ0) is 13.0. The number of methoxy groups -OCH3 is 1. The van der Waals surface area contributed by atoms with Crippen LogP contribution in [0.25, 0.3) is 0 Å². The highest BCUT2D eigenvalue weighted by Crippen LogP contribution is 2.15. The number of nitrogens with zero attached hydrogens (tertiary/aromatic N) is 1. The average Bonchev–Trinajstić information content (AvgIpc) is 2.41. The van der Waals surface area contributed by atoms with Crippen LogP contribution >= 0.6 is 0 Å². The van der Waals surface area contributed by atoms with Gasteiger partial charge in [0.15, 0.2) is 5.78 Å². The van der Waals surface area contributed by atoms with Crippen molar-refractivity contribution in [2.75, 3.05) is 33.8 Å². The number of carbonyl (C=O) groups is 1. The molecule has 1 unspecified atom stereocenters. The Bertz CT molecular complexity index is 403. The number of hydrogen-bond donors (Lipinski definition) is 1. The highest BCUT2D eigenvalue weighted by molar-refractivity contribution is 5.96.